The van der Waals surface area contributed by atoms with E-state index >= 15 is 0 Å². The molecule has 0 unspecified atom stereocenters. The average molecular weight is 449 g/mol. The van der Waals surface area contributed by atoms with Gasteiger partial charge in [0.1, 0.15) is 11.6 Å². The topological polar surface area (TPSA) is 91.3 Å². The second kappa shape index (κ2) is 8.57. The molecule has 5 rings (SSSR count). The van der Waals surface area contributed by atoms with Gasteiger partial charge in [-0.05, 0) is 55.7 Å². The third kappa shape index (κ3) is 3.79. The summed E-state index contributed by atoms with van der Waals surface area (Å²) >= 11 is 0. The number of anilines is 2. The van der Waals surface area contributed by atoms with Gasteiger partial charge in [-0.3, -0.25) is 0 Å². The highest BCUT2D eigenvalue weighted by Gasteiger charge is 2.23. The van der Waals surface area contributed by atoms with Gasteiger partial charge in [0.25, 0.3) is 0 Å². The summed E-state index contributed by atoms with van der Waals surface area (Å²) in [5.41, 5.74) is 8.95. The normalized spacial score (nSPS) is 14.0. The Bertz CT molecular complexity index is 1320. The van der Waals surface area contributed by atoms with Crippen LogP contribution in [0, 0.1) is 5.82 Å². The van der Waals surface area contributed by atoms with E-state index in [0.29, 0.717) is 45.7 Å². The Labute approximate surface area is 190 Å². The van der Waals surface area contributed by atoms with Gasteiger partial charge in [0.15, 0.2) is 17.1 Å². The van der Waals surface area contributed by atoms with E-state index < -0.39 is 0 Å². The molecule has 0 spiro atoms. The van der Waals surface area contributed by atoms with Gasteiger partial charge in [0, 0.05) is 18.7 Å². The molecule has 0 bridgehead atoms. The second-order valence-electron chi connectivity index (χ2n) is 7.97. The lowest BCUT2D eigenvalue weighted by Crippen LogP contribution is -2.31. The standard InChI is InChI=1S/C24H25FN6O2/c1-32-18-10-9-15(13-19(18)33-2)21-20-22(26)31(17-8-6-7-16(25)14-17)29-23(20)28-24(27-21)30-11-4-3-5-12-30/h6-10,13-14H,3-5,11-12,26H2,1-2H3. The van der Waals surface area contributed by atoms with E-state index in [1.54, 1.807) is 26.4 Å². The summed E-state index contributed by atoms with van der Waals surface area (Å²) in [6, 6.07) is 11.7. The van der Waals surface area contributed by atoms with Crippen molar-refractivity contribution in [3.05, 3.63) is 48.3 Å². The van der Waals surface area contributed by atoms with Gasteiger partial charge in [-0.25, -0.2) is 14.1 Å². The lowest BCUT2D eigenvalue weighted by Gasteiger charge is -2.26. The Kier molecular flexibility index (Phi) is 5.45. The molecule has 2 aromatic carbocycles. The van der Waals surface area contributed by atoms with Gasteiger partial charge >= 0.3 is 0 Å². The van der Waals surface area contributed by atoms with Crippen molar-refractivity contribution >= 4 is 22.8 Å². The van der Waals surface area contributed by atoms with E-state index in [1.165, 1.54) is 23.2 Å². The SMILES string of the molecule is COc1ccc(-c2nc(N3CCCCC3)nc3nn(-c4cccc(F)c4)c(N)c23)cc1OC. The highest BCUT2D eigenvalue weighted by molar-refractivity contribution is 5.99. The first-order valence-electron chi connectivity index (χ1n) is 10.9. The maximum atomic E-state index is 13.9. The van der Waals surface area contributed by atoms with Crippen molar-refractivity contribution in [3.63, 3.8) is 0 Å². The van der Waals surface area contributed by atoms with Crippen LogP contribution in [0.25, 0.3) is 28.0 Å². The third-order valence-corrected chi connectivity index (χ3v) is 5.91. The van der Waals surface area contributed by atoms with Gasteiger partial charge in [0.05, 0.1) is 31.0 Å². The third-order valence-electron chi connectivity index (χ3n) is 5.91. The molecular formula is C24H25FN6O2. The van der Waals surface area contributed by atoms with Crippen LogP contribution in [0.1, 0.15) is 19.3 Å². The zero-order valence-corrected chi connectivity index (χ0v) is 18.6. The zero-order chi connectivity index (χ0) is 22.9. The molecule has 8 nitrogen and oxygen atoms in total. The monoisotopic (exact) mass is 448 g/mol. The lowest BCUT2D eigenvalue weighted by atomic mass is 10.1. The number of benzene rings is 2. The number of aromatic nitrogens is 4. The second-order valence-corrected chi connectivity index (χ2v) is 7.97. The van der Waals surface area contributed by atoms with Crippen LogP contribution in [0.15, 0.2) is 42.5 Å². The Morgan fingerprint density at radius 1 is 0.939 bits per heavy atom. The maximum absolute atomic E-state index is 13.9. The Morgan fingerprint density at radius 3 is 2.45 bits per heavy atom. The molecule has 2 aromatic heterocycles. The molecule has 0 atom stereocenters. The van der Waals surface area contributed by atoms with Crippen molar-refractivity contribution in [3.8, 4) is 28.4 Å². The molecule has 1 aliphatic rings. The fourth-order valence-corrected chi connectivity index (χ4v) is 4.23. The summed E-state index contributed by atoms with van der Waals surface area (Å²) in [6.07, 6.45) is 3.38. The van der Waals surface area contributed by atoms with Crippen LogP contribution >= 0.6 is 0 Å². The smallest absolute Gasteiger partial charge is 0.228 e. The molecule has 9 heteroatoms. The highest BCUT2D eigenvalue weighted by Crippen LogP contribution is 2.37. The predicted molar refractivity (Wildman–Crippen MR) is 126 cm³/mol. The molecule has 170 valence electrons. The Morgan fingerprint density at radius 2 is 1.73 bits per heavy atom. The maximum Gasteiger partial charge on any atom is 0.228 e. The average Bonchev–Trinajstić information content (AvgIpc) is 3.20. The summed E-state index contributed by atoms with van der Waals surface area (Å²) in [5, 5.41) is 5.24. The number of nitrogens with zero attached hydrogens (tertiary/aromatic N) is 5. The van der Waals surface area contributed by atoms with Crippen LogP contribution in [0.3, 0.4) is 0 Å². The number of rotatable bonds is 5. The van der Waals surface area contributed by atoms with Gasteiger partial charge in [-0.2, -0.15) is 4.98 Å². The number of piperidine rings is 1. The minimum absolute atomic E-state index is 0.338. The lowest BCUT2D eigenvalue weighted by molar-refractivity contribution is 0.355. The van der Waals surface area contributed by atoms with E-state index in [2.05, 4.69) is 10.00 Å². The molecule has 3 heterocycles. The van der Waals surface area contributed by atoms with E-state index in [0.717, 1.165) is 31.5 Å². The number of nitrogen functional groups attached to an aromatic ring is 1. The van der Waals surface area contributed by atoms with Crippen LogP contribution in [0.4, 0.5) is 16.2 Å². The summed E-state index contributed by atoms with van der Waals surface area (Å²) in [5.74, 6) is 1.77. The largest absolute Gasteiger partial charge is 0.493 e. The first-order valence-corrected chi connectivity index (χ1v) is 10.9. The van der Waals surface area contributed by atoms with Gasteiger partial charge in [-0.1, -0.05) is 6.07 Å². The molecule has 1 saturated heterocycles. The van der Waals surface area contributed by atoms with Crippen molar-refractivity contribution in [1.82, 2.24) is 19.7 Å². The number of nitrogens with two attached hydrogens (primary N) is 1. The fraction of sp³-hybridized carbons (Fsp3) is 0.292. The molecule has 0 radical (unpaired) electrons. The molecule has 0 amide bonds. The summed E-state index contributed by atoms with van der Waals surface area (Å²) in [6.45, 7) is 1.77. The van der Waals surface area contributed by atoms with Crippen LogP contribution in [-0.4, -0.2) is 47.1 Å². The molecule has 1 aliphatic heterocycles. The minimum atomic E-state index is -0.369. The van der Waals surface area contributed by atoms with E-state index in [-0.39, 0.29) is 5.82 Å². The Balaban J connectivity index is 1.75. The zero-order valence-electron chi connectivity index (χ0n) is 18.6. The molecule has 33 heavy (non-hydrogen) atoms. The van der Waals surface area contributed by atoms with Crippen molar-refractivity contribution in [2.75, 3.05) is 37.9 Å². The van der Waals surface area contributed by atoms with E-state index in [1.807, 2.05) is 18.2 Å². The summed E-state index contributed by atoms with van der Waals surface area (Å²) < 4.78 is 26.3. The van der Waals surface area contributed by atoms with E-state index in [4.69, 9.17) is 25.2 Å². The molecule has 2 N–H and O–H groups in total. The van der Waals surface area contributed by atoms with E-state index in [9.17, 15) is 4.39 Å². The van der Waals surface area contributed by atoms with Crippen molar-refractivity contribution in [1.29, 1.82) is 0 Å². The first kappa shape index (κ1) is 21.0. The van der Waals surface area contributed by atoms with Crippen LogP contribution in [0.5, 0.6) is 11.5 Å². The number of hydrogen-bond donors (Lipinski definition) is 1. The summed E-state index contributed by atoms with van der Waals surface area (Å²) in [7, 11) is 3.18. The Hall–Kier alpha value is -3.88. The number of ether oxygens (including phenoxy) is 2. The summed E-state index contributed by atoms with van der Waals surface area (Å²) in [4.78, 5) is 11.8. The molecule has 4 aromatic rings. The fourth-order valence-electron chi connectivity index (χ4n) is 4.23. The van der Waals surface area contributed by atoms with Gasteiger partial charge < -0.3 is 20.1 Å². The van der Waals surface area contributed by atoms with Crippen LogP contribution in [0.2, 0.25) is 0 Å². The minimum Gasteiger partial charge on any atom is -0.493 e. The molecule has 0 saturated carbocycles. The predicted octanol–water partition coefficient (Wildman–Crippen LogP) is 4.21. The number of methoxy groups -OCH3 is 2. The van der Waals surface area contributed by atoms with Gasteiger partial charge in [0.2, 0.25) is 5.95 Å². The van der Waals surface area contributed by atoms with Crippen LogP contribution < -0.4 is 20.1 Å². The number of fused-ring (bicyclic) bond motifs is 1. The number of halogens is 1. The van der Waals surface area contributed by atoms with Gasteiger partial charge in [-0.15, -0.1) is 5.10 Å². The highest BCUT2D eigenvalue weighted by atomic mass is 19.1. The quantitative estimate of drug-likeness (QED) is 0.489. The van der Waals surface area contributed by atoms with Crippen molar-refractivity contribution < 1.29 is 13.9 Å². The molecular weight excluding hydrogens is 423 g/mol. The number of hydrogen-bond acceptors (Lipinski definition) is 7. The molecule has 0 aliphatic carbocycles. The molecule has 1 fully saturated rings. The van der Waals surface area contributed by atoms with Crippen molar-refractivity contribution in [2.45, 2.75) is 19.3 Å². The van der Waals surface area contributed by atoms with Crippen LogP contribution in [-0.2, 0) is 0 Å². The van der Waals surface area contributed by atoms with Crippen molar-refractivity contribution in [2.24, 2.45) is 0 Å². The first-order chi connectivity index (χ1) is 16.1.